The Morgan fingerprint density at radius 2 is 2.50 bits per heavy atom. The molecule has 1 aromatic rings. The van der Waals surface area contributed by atoms with Crippen molar-refractivity contribution in [1.29, 1.82) is 0 Å². The summed E-state index contributed by atoms with van der Waals surface area (Å²) >= 11 is 0. The molecular weight excluding hydrogens is 110 g/mol. The van der Waals surface area contributed by atoms with Crippen molar-refractivity contribution in [2.75, 3.05) is 0 Å². The molecule has 0 spiro atoms. The number of aromatic amines is 2. The molecule has 1 rings (SSSR count). The molecule has 0 unspecified atom stereocenters. The summed E-state index contributed by atoms with van der Waals surface area (Å²) < 4.78 is 0. The van der Waals surface area contributed by atoms with Gasteiger partial charge in [0.05, 0.1) is 0 Å². The van der Waals surface area contributed by atoms with Crippen LogP contribution in [0.5, 0.6) is 0 Å². The van der Waals surface area contributed by atoms with Gasteiger partial charge in [-0.1, -0.05) is 0 Å². The summed E-state index contributed by atoms with van der Waals surface area (Å²) in [7, 11) is 0. The van der Waals surface area contributed by atoms with Crippen molar-refractivity contribution < 1.29 is 5.11 Å². The van der Waals surface area contributed by atoms with Gasteiger partial charge < -0.3 is 5.11 Å². The minimum atomic E-state index is -0.394. The predicted octanol–water partition coefficient (Wildman–Crippen LogP) is -1.41. The number of aliphatic hydroxyl groups is 1. The normalized spacial score (nSPS) is 9.62. The third-order valence-corrected chi connectivity index (χ3v) is 0.700. The molecule has 0 aliphatic carbocycles. The lowest BCUT2D eigenvalue weighted by molar-refractivity contribution is 0.272. The van der Waals surface area contributed by atoms with Gasteiger partial charge in [-0.15, -0.1) is 0 Å². The van der Waals surface area contributed by atoms with Crippen LogP contribution in [0.4, 0.5) is 0 Å². The molecule has 0 aliphatic heterocycles. The van der Waals surface area contributed by atoms with Crippen molar-refractivity contribution in [3.8, 4) is 0 Å². The van der Waals surface area contributed by atoms with Gasteiger partial charge in [-0.05, 0) is 0 Å². The fourth-order valence-corrected chi connectivity index (χ4v) is 0.380. The first-order valence-electron chi connectivity index (χ1n) is 2.07. The smallest absolute Gasteiger partial charge is 0.340 e. The molecule has 3 N–H and O–H groups in total. The molecule has 0 radical (unpaired) electrons. The van der Waals surface area contributed by atoms with Crippen molar-refractivity contribution in [1.82, 2.24) is 15.2 Å². The highest BCUT2D eigenvalue weighted by atomic mass is 16.3. The van der Waals surface area contributed by atoms with E-state index in [0.717, 1.165) is 0 Å². The van der Waals surface area contributed by atoms with Crippen molar-refractivity contribution >= 4 is 0 Å². The SMILES string of the molecule is O=c1[nH]nc(CO)[nH]1. The summed E-state index contributed by atoms with van der Waals surface area (Å²) in [4.78, 5) is 12.4. The summed E-state index contributed by atoms with van der Waals surface area (Å²) in [5, 5.41) is 13.8. The number of hydrogen-bond donors (Lipinski definition) is 3. The molecule has 1 heterocycles. The predicted molar refractivity (Wildman–Crippen MR) is 25.1 cm³/mol. The fraction of sp³-hybridized carbons (Fsp3) is 0.333. The molecular formula is C3H5N3O2. The minimum Gasteiger partial charge on any atom is -0.388 e. The van der Waals surface area contributed by atoms with Crippen LogP contribution >= 0.6 is 0 Å². The van der Waals surface area contributed by atoms with Crippen LogP contribution in [0.3, 0.4) is 0 Å². The van der Waals surface area contributed by atoms with E-state index in [1.165, 1.54) is 0 Å². The monoisotopic (exact) mass is 115 g/mol. The third kappa shape index (κ3) is 0.760. The average Bonchev–Trinajstić information content (AvgIpc) is 2.14. The summed E-state index contributed by atoms with van der Waals surface area (Å²) in [6, 6.07) is 0. The number of H-pyrrole nitrogens is 2. The second-order valence-corrected chi connectivity index (χ2v) is 1.28. The van der Waals surface area contributed by atoms with Crippen LogP contribution in [-0.4, -0.2) is 20.3 Å². The topological polar surface area (TPSA) is 81.8 Å². The first-order valence-corrected chi connectivity index (χ1v) is 2.07. The third-order valence-electron chi connectivity index (χ3n) is 0.700. The van der Waals surface area contributed by atoms with E-state index in [0.29, 0.717) is 0 Å². The average molecular weight is 115 g/mol. The lowest BCUT2D eigenvalue weighted by Gasteiger charge is -1.77. The first kappa shape index (κ1) is 5.04. The zero-order chi connectivity index (χ0) is 5.98. The Balaban J connectivity index is 3.01. The molecule has 1 aromatic heterocycles. The van der Waals surface area contributed by atoms with Crippen molar-refractivity contribution in [3.05, 3.63) is 16.3 Å². The van der Waals surface area contributed by atoms with Crippen LogP contribution in [0, 0.1) is 0 Å². The number of nitrogens with one attached hydrogen (secondary N) is 2. The van der Waals surface area contributed by atoms with E-state index in [1.807, 2.05) is 0 Å². The molecule has 0 bridgehead atoms. The Morgan fingerprint density at radius 1 is 1.75 bits per heavy atom. The molecule has 5 heteroatoms. The van der Waals surface area contributed by atoms with Crippen LogP contribution in [0.1, 0.15) is 5.82 Å². The van der Waals surface area contributed by atoms with Gasteiger partial charge in [0.15, 0.2) is 5.82 Å². The summed E-state index contributed by atoms with van der Waals surface area (Å²) in [6.07, 6.45) is 0. The molecule has 0 fully saturated rings. The maximum atomic E-state index is 10.2. The number of hydrogen-bond acceptors (Lipinski definition) is 3. The Kier molecular flexibility index (Phi) is 1.13. The summed E-state index contributed by atoms with van der Waals surface area (Å²) in [5.74, 6) is 0.259. The molecule has 0 atom stereocenters. The zero-order valence-electron chi connectivity index (χ0n) is 4.01. The van der Waals surface area contributed by atoms with Gasteiger partial charge in [0, 0.05) is 0 Å². The quantitative estimate of drug-likeness (QED) is 0.420. The molecule has 5 nitrogen and oxygen atoms in total. The van der Waals surface area contributed by atoms with E-state index in [9.17, 15) is 4.79 Å². The fourth-order valence-electron chi connectivity index (χ4n) is 0.380. The van der Waals surface area contributed by atoms with E-state index in [4.69, 9.17) is 5.11 Å². The van der Waals surface area contributed by atoms with Crippen LogP contribution < -0.4 is 5.69 Å². The maximum absolute atomic E-state index is 10.2. The van der Waals surface area contributed by atoms with Gasteiger partial charge in [0.25, 0.3) is 0 Å². The Bertz CT molecular complexity index is 212. The second-order valence-electron chi connectivity index (χ2n) is 1.28. The zero-order valence-corrected chi connectivity index (χ0v) is 4.01. The van der Waals surface area contributed by atoms with Crippen LogP contribution in [0.25, 0.3) is 0 Å². The summed E-state index contributed by atoms with van der Waals surface area (Å²) in [6.45, 7) is -0.237. The standard InChI is InChI=1S/C3H5N3O2/c7-1-2-4-3(8)6-5-2/h7H,1H2,(H2,4,5,6,8). The lowest BCUT2D eigenvalue weighted by atomic mass is 10.7. The lowest BCUT2D eigenvalue weighted by Crippen LogP contribution is -2.00. The molecule has 44 valence electrons. The minimum absolute atomic E-state index is 0.237. The maximum Gasteiger partial charge on any atom is 0.340 e. The van der Waals surface area contributed by atoms with Crippen LogP contribution in [-0.2, 0) is 6.61 Å². The molecule has 8 heavy (non-hydrogen) atoms. The number of aliphatic hydroxyl groups excluding tert-OH is 1. The number of aromatic nitrogens is 3. The highest BCUT2D eigenvalue weighted by Gasteiger charge is 1.90. The van der Waals surface area contributed by atoms with Gasteiger partial charge in [-0.2, -0.15) is 5.10 Å². The van der Waals surface area contributed by atoms with Gasteiger partial charge in [-0.3, -0.25) is 4.98 Å². The van der Waals surface area contributed by atoms with E-state index >= 15 is 0 Å². The largest absolute Gasteiger partial charge is 0.388 e. The van der Waals surface area contributed by atoms with Gasteiger partial charge in [0.1, 0.15) is 6.61 Å². The van der Waals surface area contributed by atoms with Crippen molar-refractivity contribution in [3.63, 3.8) is 0 Å². The Morgan fingerprint density at radius 3 is 2.75 bits per heavy atom. The van der Waals surface area contributed by atoms with Gasteiger partial charge >= 0.3 is 5.69 Å². The van der Waals surface area contributed by atoms with E-state index < -0.39 is 5.69 Å². The van der Waals surface area contributed by atoms with Crippen molar-refractivity contribution in [2.45, 2.75) is 6.61 Å². The Hall–Kier alpha value is -1.10. The first-order chi connectivity index (χ1) is 3.83. The van der Waals surface area contributed by atoms with E-state index in [-0.39, 0.29) is 12.4 Å². The van der Waals surface area contributed by atoms with Gasteiger partial charge in [-0.25, -0.2) is 9.89 Å². The molecule has 0 aromatic carbocycles. The second kappa shape index (κ2) is 1.79. The highest BCUT2D eigenvalue weighted by Crippen LogP contribution is 1.75. The van der Waals surface area contributed by atoms with Crippen molar-refractivity contribution in [2.24, 2.45) is 0 Å². The van der Waals surface area contributed by atoms with Crippen LogP contribution in [0.15, 0.2) is 4.79 Å². The molecule has 0 saturated heterocycles. The summed E-state index contributed by atoms with van der Waals surface area (Å²) in [5.41, 5.74) is -0.394. The molecule has 0 saturated carbocycles. The number of rotatable bonds is 1. The van der Waals surface area contributed by atoms with E-state index in [1.54, 1.807) is 0 Å². The van der Waals surface area contributed by atoms with E-state index in [2.05, 4.69) is 15.2 Å². The number of nitrogens with zero attached hydrogens (tertiary/aromatic N) is 1. The molecule has 0 amide bonds. The molecule has 0 aliphatic rings. The Labute approximate surface area is 44.4 Å². The van der Waals surface area contributed by atoms with Crippen LogP contribution in [0.2, 0.25) is 0 Å². The van der Waals surface area contributed by atoms with Gasteiger partial charge in [0.2, 0.25) is 0 Å². The highest BCUT2D eigenvalue weighted by molar-refractivity contribution is 4.74.